The van der Waals surface area contributed by atoms with Crippen molar-refractivity contribution in [1.29, 1.82) is 0 Å². The van der Waals surface area contributed by atoms with Gasteiger partial charge in [0.25, 0.3) is 0 Å². The highest BCUT2D eigenvalue weighted by molar-refractivity contribution is 5.69. The van der Waals surface area contributed by atoms with Gasteiger partial charge in [0.15, 0.2) is 0 Å². The largest absolute Gasteiger partial charge is 0.496 e. The number of carbonyl (C=O) groups excluding carboxylic acids is 1. The summed E-state index contributed by atoms with van der Waals surface area (Å²) in [5.41, 5.74) is 1.09. The summed E-state index contributed by atoms with van der Waals surface area (Å²) in [6.07, 6.45) is 0.382. The Morgan fingerprint density at radius 1 is 1.39 bits per heavy atom. The lowest BCUT2D eigenvalue weighted by atomic mass is 10.1. The Morgan fingerprint density at radius 3 is 2.78 bits per heavy atom. The number of methoxy groups -OCH3 is 1. The van der Waals surface area contributed by atoms with Gasteiger partial charge in [0.05, 0.1) is 20.1 Å². The number of esters is 1. The van der Waals surface area contributed by atoms with Crippen LogP contribution in [0.3, 0.4) is 0 Å². The predicted octanol–water partition coefficient (Wildman–Crippen LogP) is 2.30. The monoisotopic (exact) mass is 251 g/mol. The average Bonchev–Trinajstić information content (AvgIpc) is 2.38. The molecule has 0 radical (unpaired) electrons. The summed E-state index contributed by atoms with van der Waals surface area (Å²) in [5.74, 6) is 0.686. The molecule has 0 aromatic heterocycles. The van der Waals surface area contributed by atoms with Gasteiger partial charge in [0, 0.05) is 18.2 Å². The van der Waals surface area contributed by atoms with Gasteiger partial charge in [0.2, 0.25) is 0 Å². The molecule has 0 saturated heterocycles. The van der Waals surface area contributed by atoms with Gasteiger partial charge < -0.3 is 14.8 Å². The van der Waals surface area contributed by atoms with E-state index in [1.54, 1.807) is 7.11 Å². The molecule has 1 unspecified atom stereocenters. The maximum Gasteiger partial charge on any atom is 0.307 e. The summed E-state index contributed by atoms with van der Waals surface area (Å²) in [4.78, 5) is 11.2. The second kappa shape index (κ2) is 7.71. The molecular weight excluding hydrogens is 230 g/mol. The van der Waals surface area contributed by atoms with Crippen molar-refractivity contribution >= 4 is 5.97 Å². The van der Waals surface area contributed by atoms with Gasteiger partial charge in [-0.3, -0.25) is 4.79 Å². The van der Waals surface area contributed by atoms with Crippen LogP contribution in [-0.2, 0) is 9.53 Å². The van der Waals surface area contributed by atoms with Crippen LogP contribution in [0, 0.1) is 0 Å². The maximum absolute atomic E-state index is 11.2. The Hall–Kier alpha value is -1.55. The van der Waals surface area contributed by atoms with E-state index in [9.17, 15) is 4.79 Å². The number of hydrogen-bond donors (Lipinski definition) is 1. The number of carbonyl (C=O) groups is 1. The zero-order valence-corrected chi connectivity index (χ0v) is 11.2. The van der Waals surface area contributed by atoms with Crippen molar-refractivity contribution in [3.8, 4) is 5.75 Å². The lowest BCUT2D eigenvalue weighted by Crippen LogP contribution is -2.23. The van der Waals surface area contributed by atoms with Crippen LogP contribution in [-0.4, -0.2) is 26.2 Å². The minimum absolute atomic E-state index is 0.135. The lowest BCUT2D eigenvalue weighted by molar-refractivity contribution is -0.143. The van der Waals surface area contributed by atoms with Gasteiger partial charge in [-0.15, -0.1) is 0 Å². The van der Waals surface area contributed by atoms with Gasteiger partial charge in [-0.05, 0) is 19.9 Å². The van der Waals surface area contributed by atoms with E-state index in [-0.39, 0.29) is 12.0 Å². The molecule has 0 saturated carbocycles. The maximum atomic E-state index is 11.2. The molecule has 4 heteroatoms. The lowest BCUT2D eigenvalue weighted by Gasteiger charge is -2.16. The van der Waals surface area contributed by atoms with E-state index in [4.69, 9.17) is 9.47 Å². The number of benzene rings is 1. The van der Waals surface area contributed by atoms with Crippen molar-refractivity contribution in [3.05, 3.63) is 29.8 Å². The first-order valence-electron chi connectivity index (χ1n) is 6.21. The highest BCUT2D eigenvalue weighted by Gasteiger charge is 2.10. The van der Waals surface area contributed by atoms with Crippen molar-refractivity contribution < 1.29 is 14.3 Å². The molecule has 0 aliphatic rings. The molecule has 100 valence electrons. The zero-order chi connectivity index (χ0) is 13.4. The van der Waals surface area contributed by atoms with E-state index < -0.39 is 0 Å². The SMILES string of the molecule is CCOC(=O)CCNC(C)c1ccccc1OC. The van der Waals surface area contributed by atoms with Crippen molar-refractivity contribution in [2.45, 2.75) is 26.3 Å². The number of rotatable bonds is 7. The van der Waals surface area contributed by atoms with Crippen LogP contribution in [0.25, 0.3) is 0 Å². The van der Waals surface area contributed by atoms with Gasteiger partial charge in [0.1, 0.15) is 5.75 Å². The first-order chi connectivity index (χ1) is 8.69. The van der Waals surface area contributed by atoms with Crippen LogP contribution in [0.2, 0.25) is 0 Å². The van der Waals surface area contributed by atoms with E-state index in [0.717, 1.165) is 11.3 Å². The fourth-order valence-electron chi connectivity index (χ4n) is 1.76. The summed E-state index contributed by atoms with van der Waals surface area (Å²) in [6.45, 7) is 4.88. The zero-order valence-electron chi connectivity index (χ0n) is 11.2. The third kappa shape index (κ3) is 4.37. The minimum atomic E-state index is -0.169. The van der Waals surface area contributed by atoms with Crippen molar-refractivity contribution in [2.24, 2.45) is 0 Å². The molecule has 0 spiro atoms. The van der Waals surface area contributed by atoms with Crippen molar-refractivity contribution in [2.75, 3.05) is 20.3 Å². The molecule has 1 aromatic rings. The molecule has 1 rings (SSSR count). The molecule has 1 N–H and O–H groups in total. The van der Waals surface area contributed by atoms with Crippen LogP contribution in [0.1, 0.15) is 31.9 Å². The second-order valence-corrected chi connectivity index (χ2v) is 3.97. The topological polar surface area (TPSA) is 47.6 Å². The van der Waals surface area contributed by atoms with E-state index in [2.05, 4.69) is 5.32 Å². The standard InChI is InChI=1S/C14H21NO3/c1-4-18-14(16)9-10-15-11(2)12-7-5-6-8-13(12)17-3/h5-8,11,15H,4,9-10H2,1-3H3. The normalized spacial score (nSPS) is 11.9. The molecule has 0 aliphatic carbocycles. The molecular formula is C14H21NO3. The van der Waals surface area contributed by atoms with Crippen LogP contribution in [0.4, 0.5) is 0 Å². The molecule has 0 fully saturated rings. The molecule has 0 amide bonds. The smallest absolute Gasteiger partial charge is 0.307 e. The van der Waals surface area contributed by atoms with Gasteiger partial charge >= 0.3 is 5.97 Å². The Balaban J connectivity index is 2.45. The molecule has 1 atom stereocenters. The summed E-state index contributed by atoms with van der Waals surface area (Å²) in [6, 6.07) is 7.99. The number of hydrogen-bond acceptors (Lipinski definition) is 4. The van der Waals surface area contributed by atoms with Crippen molar-refractivity contribution in [1.82, 2.24) is 5.32 Å². The van der Waals surface area contributed by atoms with Crippen LogP contribution < -0.4 is 10.1 Å². The molecule has 1 aromatic carbocycles. The minimum Gasteiger partial charge on any atom is -0.496 e. The summed E-state index contributed by atoms with van der Waals surface area (Å²) < 4.78 is 10.2. The fourth-order valence-corrected chi connectivity index (χ4v) is 1.76. The van der Waals surface area contributed by atoms with E-state index in [1.807, 2.05) is 38.1 Å². The number of nitrogens with one attached hydrogen (secondary N) is 1. The highest BCUT2D eigenvalue weighted by atomic mass is 16.5. The Morgan fingerprint density at radius 2 is 2.11 bits per heavy atom. The third-order valence-electron chi connectivity index (χ3n) is 2.69. The summed E-state index contributed by atoms with van der Waals surface area (Å²) in [7, 11) is 1.66. The van der Waals surface area contributed by atoms with Gasteiger partial charge in [-0.2, -0.15) is 0 Å². The first-order valence-corrected chi connectivity index (χ1v) is 6.21. The van der Waals surface area contributed by atoms with Crippen LogP contribution >= 0.6 is 0 Å². The van der Waals surface area contributed by atoms with Gasteiger partial charge in [-0.1, -0.05) is 18.2 Å². The van der Waals surface area contributed by atoms with Crippen LogP contribution in [0.5, 0.6) is 5.75 Å². The highest BCUT2D eigenvalue weighted by Crippen LogP contribution is 2.23. The Kier molecular flexibility index (Phi) is 6.22. The van der Waals surface area contributed by atoms with E-state index in [0.29, 0.717) is 19.6 Å². The fraction of sp³-hybridized carbons (Fsp3) is 0.500. The third-order valence-corrected chi connectivity index (χ3v) is 2.69. The van der Waals surface area contributed by atoms with E-state index in [1.165, 1.54) is 0 Å². The second-order valence-electron chi connectivity index (χ2n) is 3.97. The van der Waals surface area contributed by atoms with Gasteiger partial charge in [-0.25, -0.2) is 0 Å². The number of para-hydroxylation sites is 1. The first kappa shape index (κ1) is 14.5. The Bertz CT molecular complexity index is 379. The van der Waals surface area contributed by atoms with Crippen LogP contribution in [0.15, 0.2) is 24.3 Å². The molecule has 0 heterocycles. The quantitative estimate of drug-likeness (QED) is 0.755. The molecule has 0 aliphatic heterocycles. The average molecular weight is 251 g/mol. The molecule has 0 bridgehead atoms. The van der Waals surface area contributed by atoms with Crippen molar-refractivity contribution in [3.63, 3.8) is 0 Å². The number of ether oxygens (including phenoxy) is 2. The Labute approximate surface area is 108 Å². The summed E-state index contributed by atoms with van der Waals surface area (Å²) >= 11 is 0. The predicted molar refractivity (Wildman–Crippen MR) is 70.7 cm³/mol. The summed E-state index contributed by atoms with van der Waals surface area (Å²) in [5, 5.41) is 3.28. The molecule has 4 nitrogen and oxygen atoms in total. The van der Waals surface area contributed by atoms with E-state index >= 15 is 0 Å². The molecule has 18 heavy (non-hydrogen) atoms.